The van der Waals surface area contributed by atoms with Gasteiger partial charge in [-0.15, -0.1) is 11.5 Å². The minimum Gasteiger partial charge on any atom is -0.369 e. The van der Waals surface area contributed by atoms with E-state index in [1.165, 1.54) is 4.68 Å². The first-order chi connectivity index (χ1) is 11.3. The zero-order valence-corrected chi connectivity index (χ0v) is 12.6. The highest BCUT2D eigenvalue weighted by Crippen LogP contribution is 2.25. The fraction of sp³-hybridized carbons (Fsp3) is 0.538. The molecule has 2 rings (SSSR count). The van der Waals surface area contributed by atoms with Gasteiger partial charge in [0.2, 0.25) is 0 Å². The third-order valence-electron chi connectivity index (χ3n) is 3.46. The number of halogens is 3. The summed E-state index contributed by atoms with van der Waals surface area (Å²) >= 11 is 0. The summed E-state index contributed by atoms with van der Waals surface area (Å²) in [6, 6.07) is -0.723. The van der Waals surface area contributed by atoms with Gasteiger partial charge in [0.05, 0.1) is 11.7 Å². The monoisotopic (exact) mass is 345 g/mol. The highest BCUT2D eigenvalue weighted by atomic mass is 19.4. The largest absolute Gasteiger partial charge is 0.491 e. The number of carbonyl (C=O) groups is 2. The lowest BCUT2D eigenvalue weighted by Crippen LogP contribution is -2.50. The van der Waals surface area contributed by atoms with Gasteiger partial charge in [-0.1, -0.05) is 11.1 Å². The number of aromatic nitrogens is 3. The Bertz CT molecular complexity index is 679. The van der Waals surface area contributed by atoms with Gasteiger partial charge in [-0.2, -0.15) is 13.2 Å². The number of nitrogens with zero attached hydrogens (tertiary/aromatic N) is 4. The molecule has 0 saturated carbocycles. The van der Waals surface area contributed by atoms with E-state index in [0.29, 0.717) is 17.9 Å². The third-order valence-corrected chi connectivity index (χ3v) is 3.46. The second kappa shape index (κ2) is 6.88. The molecule has 11 heteroatoms. The van der Waals surface area contributed by atoms with Crippen molar-refractivity contribution in [1.82, 2.24) is 25.2 Å². The van der Waals surface area contributed by atoms with E-state index in [1.54, 1.807) is 6.92 Å². The first-order valence-corrected chi connectivity index (χ1v) is 6.89. The number of esters is 1. The van der Waals surface area contributed by atoms with Crippen molar-refractivity contribution < 1.29 is 27.5 Å². The van der Waals surface area contributed by atoms with Crippen LogP contribution in [0.25, 0.3) is 0 Å². The number of rotatable bonds is 2. The van der Waals surface area contributed by atoms with E-state index in [-0.39, 0.29) is 19.6 Å². The molecule has 1 fully saturated rings. The zero-order valence-electron chi connectivity index (χ0n) is 12.6. The zero-order chi connectivity index (χ0) is 17.9. The van der Waals surface area contributed by atoms with Gasteiger partial charge in [-0.25, -0.2) is 14.3 Å². The van der Waals surface area contributed by atoms with E-state index in [0.717, 1.165) is 4.90 Å². The van der Waals surface area contributed by atoms with Gasteiger partial charge in [0.1, 0.15) is 12.2 Å². The fourth-order valence-electron chi connectivity index (χ4n) is 2.28. The molecule has 24 heavy (non-hydrogen) atoms. The summed E-state index contributed by atoms with van der Waals surface area (Å²) in [4.78, 5) is 23.8. The average Bonchev–Trinajstić information content (AvgIpc) is 2.88. The van der Waals surface area contributed by atoms with Crippen molar-refractivity contribution >= 4 is 12.1 Å². The number of hydrogen-bond donors (Lipinski definition) is 1. The lowest BCUT2D eigenvalue weighted by Gasteiger charge is -2.34. The quantitative estimate of drug-likeness (QED) is 0.474. The maximum absolute atomic E-state index is 12.2. The number of carbonyl (C=O) groups excluding carboxylic acids is 2. The van der Waals surface area contributed by atoms with Crippen LogP contribution in [0, 0.1) is 19.3 Å². The molecule has 1 aliphatic heterocycles. The van der Waals surface area contributed by atoms with E-state index >= 15 is 0 Å². The summed E-state index contributed by atoms with van der Waals surface area (Å²) in [5.41, 5.74) is 0.940. The van der Waals surface area contributed by atoms with Gasteiger partial charge < -0.3 is 10.1 Å². The molecule has 0 bridgehead atoms. The van der Waals surface area contributed by atoms with Crippen molar-refractivity contribution in [2.45, 2.75) is 25.7 Å². The van der Waals surface area contributed by atoms with Crippen LogP contribution in [0.1, 0.15) is 17.4 Å². The Morgan fingerprint density at radius 1 is 1.50 bits per heavy atom. The normalized spacial score (nSPS) is 18.1. The predicted molar refractivity (Wildman–Crippen MR) is 73.5 cm³/mol. The maximum Gasteiger partial charge on any atom is 0.491 e. The summed E-state index contributed by atoms with van der Waals surface area (Å²) in [5.74, 6) is -0.170. The molecular formula is C13H14F3N5O3. The highest BCUT2D eigenvalue weighted by molar-refractivity contribution is 5.87. The Balaban J connectivity index is 2.21. The van der Waals surface area contributed by atoms with Crippen molar-refractivity contribution in [2.75, 3.05) is 19.6 Å². The molecule has 0 aromatic carbocycles. The van der Waals surface area contributed by atoms with Gasteiger partial charge in [0, 0.05) is 19.6 Å². The van der Waals surface area contributed by atoms with Crippen LogP contribution in [0.15, 0.2) is 0 Å². The summed E-state index contributed by atoms with van der Waals surface area (Å²) in [7, 11) is 0. The maximum atomic E-state index is 12.2. The average molecular weight is 345 g/mol. The van der Waals surface area contributed by atoms with Crippen molar-refractivity contribution in [2.24, 2.45) is 0 Å². The van der Waals surface area contributed by atoms with Crippen LogP contribution >= 0.6 is 0 Å². The Labute approximate surface area is 134 Å². The molecule has 1 atom stereocenters. The van der Waals surface area contributed by atoms with E-state index in [2.05, 4.69) is 26.3 Å². The van der Waals surface area contributed by atoms with Crippen molar-refractivity contribution in [3.63, 3.8) is 0 Å². The Morgan fingerprint density at radius 3 is 2.83 bits per heavy atom. The molecule has 1 amide bonds. The van der Waals surface area contributed by atoms with Gasteiger partial charge in [-0.05, 0) is 6.92 Å². The minimum absolute atomic E-state index is 0.0517. The summed E-state index contributed by atoms with van der Waals surface area (Å²) < 4.78 is 42.1. The predicted octanol–water partition coefficient (Wildman–Crippen LogP) is 0.392. The van der Waals surface area contributed by atoms with Gasteiger partial charge in [0.25, 0.3) is 0 Å². The molecule has 0 aliphatic carbocycles. The van der Waals surface area contributed by atoms with E-state index in [1.807, 2.05) is 0 Å². The van der Waals surface area contributed by atoms with E-state index < -0.39 is 24.3 Å². The van der Waals surface area contributed by atoms with Crippen molar-refractivity contribution in [3.8, 4) is 12.3 Å². The van der Waals surface area contributed by atoms with Crippen LogP contribution in [0.2, 0.25) is 0 Å². The van der Waals surface area contributed by atoms with Crippen LogP contribution < -0.4 is 5.32 Å². The first kappa shape index (κ1) is 17.7. The molecule has 130 valence electrons. The molecule has 2 heterocycles. The molecule has 1 aromatic heterocycles. The smallest absolute Gasteiger partial charge is 0.369 e. The molecule has 1 saturated heterocycles. The topological polar surface area (TPSA) is 89.3 Å². The van der Waals surface area contributed by atoms with Crippen LogP contribution in [-0.4, -0.2) is 57.8 Å². The standard InChI is InChI=1S/C13H14F3N5O3/c1-3-5-21-8(2)10(18-19-21)9-7-17-4-6-20(9)12(23)24-11(22)13(14,15)16/h1,9,17H,4-7H2,2H3. The molecular weight excluding hydrogens is 331 g/mol. The van der Waals surface area contributed by atoms with Crippen molar-refractivity contribution in [1.29, 1.82) is 0 Å². The molecule has 8 nitrogen and oxygen atoms in total. The number of alkyl halides is 3. The lowest BCUT2D eigenvalue weighted by molar-refractivity contribution is -0.194. The molecule has 0 spiro atoms. The molecule has 1 aromatic rings. The lowest BCUT2D eigenvalue weighted by atomic mass is 10.1. The van der Waals surface area contributed by atoms with Crippen LogP contribution in [0.4, 0.5) is 18.0 Å². The van der Waals surface area contributed by atoms with Crippen LogP contribution in [-0.2, 0) is 16.1 Å². The molecule has 1 N–H and O–H groups in total. The number of nitrogens with one attached hydrogen (secondary N) is 1. The summed E-state index contributed by atoms with van der Waals surface area (Å²) in [6.45, 7) is 2.45. The Morgan fingerprint density at radius 2 is 2.21 bits per heavy atom. The van der Waals surface area contributed by atoms with Gasteiger partial charge >= 0.3 is 18.2 Å². The van der Waals surface area contributed by atoms with Crippen LogP contribution in [0.5, 0.6) is 0 Å². The molecule has 0 radical (unpaired) electrons. The number of terminal acetylenes is 1. The number of hydrogen-bond acceptors (Lipinski definition) is 6. The van der Waals surface area contributed by atoms with Crippen LogP contribution in [0.3, 0.4) is 0 Å². The second-order valence-corrected chi connectivity index (χ2v) is 4.99. The van der Waals surface area contributed by atoms with Gasteiger partial charge in [0.15, 0.2) is 0 Å². The molecule has 1 unspecified atom stereocenters. The number of piperazine rings is 1. The SMILES string of the molecule is C#CCn1nnc(C2CNCCN2C(=O)OC(=O)C(F)(F)F)c1C. The van der Waals surface area contributed by atoms with E-state index in [9.17, 15) is 22.8 Å². The number of amides is 1. The second-order valence-electron chi connectivity index (χ2n) is 4.99. The number of ether oxygens (including phenoxy) is 1. The Kier molecular flexibility index (Phi) is 5.08. The fourth-order valence-corrected chi connectivity index (χ4v) is 2.28. The summed E-state index contributed by atoms with van der Waals surface area (Å²) in [5, 5.41) is 10.8. The molecule has 1 aliphatic rings. The Hall–Kier alpha value is -2.61. The third kappa shape index (κ3) is 3.65. The van der Waals surface area contributed by atoms with Crippen molar-refractivity contribution in [3.05, 3.63) is 11.4 Å². The highest BCUT2D eigenvalue weighted by Gasteiger charge is 2.44. The minimum atomic E-state index is -5.25. The van der Waals surface area contributed by atoms with Gasteiger partial charge in [-0.3, -0.25) is 4.90 Å². The first-order valence-electron chi connectivity index (χ1n) is 6.89. The van der Waals surface area contributed by atoms with E-state index in [4.69, 9.17) is 6.42 Å². The summed E-state index contributed by atoms with van der Waals surface area (Å²) in [6.07, 6.45) is -1.42.